The van der Waals surface area contributed by atoms with Crippen LogP contribution in [-0.4, -0.2) is 11.1 Å². The minimum absolute atomic E-state index is 0.224. The van der Waals surface area contributed by atoms with Gasteiger partial charge in [0.25, 0.3) is 0 Å². The first-order chi connectivity index (χ1) is 10.3. The molecule has 2 heteroatoms. The number of aliphatic carboxylic acids is 1. The fraction of sp³-hybridized carbons (Fsp3) is 0.632. The average molecular weight is 292 g/mol. The lowest BCUT2D eigenvalue weighted by Crippen LogP contribution is -1.91. The molecule has 0 spiro atoms. The molecule has 0 saturated carbocycles. The molecule has 120 valence electrons. The summed E-state index contributed by atoms with van der Waals surface area (Å²) in [5.74, 6) is -0.731. The van der Waals surface area contributed by atoms with Crippen LogP contribution >= 0.6 is 0 Å². The summed E-state index contributed by atoms with van der Waals surface area (Å²) in [4.78, 5) is 10.3. The van der Waals surface area contributed by atoms with Crippen molar-refractivity contribution in [1.29, 1.82) is 0 Å². The molecule has 0 aliphatic heterocycles. The van der Waals surface area contributed by atoms with E-state index in [0.717, 1.165) is 12.8 Å². The third-order valence-electron chi connectivity index (χ3n) is 3.29. The van der Waals surface area contributed by atoms with Gasteiger partial charge in [0.05, 0.1) is 0 Å². The van der Waals surface area contributed by atoms with Crippen molar-refractivity contribution in [3.05, 3.63) is 36.5 Å². The molecule has 0 radical (unpaired) electrons. The number of carboxylic acid groups (broad SMARTS) is 1. The van der Waals surface area contributed by atoms with Gasteiger partial charge in [0, 0.05) is 6.42 Å². The van der Waals surface area contributed by atoms with Crippen molar-refractivity contribution in [1.82, 2.24) is 0 Å². The molecule has 0 atom stereocenters. The number of carbonyl (C=O) groups is 1. The summed E-state index contributed by atoms with van der Waals surface area (Å²) in [5, 5.41) is 8.47. The summed E-state index contributed by atoms with van der Waals surface area (Å²) in [6.45, 7) is 2.25. The van der Waals surface area contributed by atoms with E-state index in [9.17, 15) is 4.79 Å². The second kappa shape index (κ2) is 16.7. The standard InChI is InChI=1S/C19H32O2/c1-2-3-4-5-6-7-8-9-10-11-12-13-14-15-16-17-18-19(20)21/h9-10,12-13,15-16H,2-8,11,14,17-18H2,1H3,(H,20,21)/b10-9-,13-12-,16-15-. The lowest BCUT2D eigenvalue weighted by Gasteiger charge is -1.97. The van der Waals surface area contributed by atoms with Crippen molar-refractivity contribution in [3.8, 4) is 0 Å². The molecular weight excluding hydrogens is 260 g/mol. The van der Waals surface area contributed by atoms with Gasteiger partial charge in [-0.3, -0.25) is 4.79 Å². The van der Waals surface area contributed by atoms with E-state index < -0.39 is 5.97 Å². The maximum Gasteiger partial charge on any atom is 0.303 e. The van der Waals surface area contributed by atoms with E-state index in [4.69, 9.17) is 5.11 Å². The summed E-state index contributed by atoms with van der Waals surface area (Å²) < 4.78 is 0. The van der Waals surface area contributed by atoms with Gasteiger partial charge in [-0.15, -0.1) is 0 Å². The van der Waals surface area contributed by atoms with Crippen molar-refractivity contribution < 1.29 is 9.90 Å². The highest BCUT2D eigenvalue weighted by atomic mass is 16.4. The van der Waals surface area contributed by atoms with Crippen LogP contribution < -0.4 is 0 Å². The van der Waals surface area contributed by atoms with Crippen LogP contribution in [0.25, 0.3) is 0 Å². The molecule has 0 fully saturated rings. The molecule has 0 aliphatic carbocycles. The topological polar surface area (TPSA) is 37.3 Å². The smallest absolute Gasteiger partial charge is 0.303 e. The van der Waals surface area contributed by atoms with Gasteiger partial charge in [-0.1, -0.05) is 75.5 Å². The number of unbranched alkanes of at least 4 members (excludes halogenated alkanes) is 6. The minimum Gasteiger partial charge on any atom is -0.481 e. The fourth-order valence-corrected chi connectivity index (χ4v) is 2.03. The van der Waals surface area contributed by atoms with E-state index in [-0.39, 0.29) is 6.42 Å². The molecular formula is C19H32O2. The number of carboxylic acids is 1. The zero-order valence-corrected chi connectivity index (χ0v) is 13.6. The monoisotopic (exact) mass is 292 g/mol. The number of hydrogen-bond acceptors (Lipinski definition) is 1. The van der Waals surface area contributed by atoms with Gasteiger partial charge in [0.1, 0.15) is 0 Å². The van der Waals surface area contributed by atoms with Gasteiger partial charge in [-0.25, -0.2) is 0 Å². The van der Waals surface area contributed by atoms with Crippen molar-refractivity contribution >= 4 is 5.97 Å². The molecule has 2 nitrogen and oxygen atoms in total. The Morgan fingerprint density at radius 1 is 0.762 bits per heavy atom. The Balaban J connectivity index is 3.30. The number of hydrogen-bond donors (Lipinski definition) is 1. The van der Waals surface area contributed by atoms with Crippen molar-refractivity contribution in [2.24, 2.45) is 0 Å². The Morgan fingerprint density at radius 3 is 1.90 bits per heavy atom. The normalized spacial score (nSPS) is 12.0. The second-order valence-electron chi connectivity index (χ2n) is 5.37. The van der Waals surface area contributed by atoms with Gasteiger partial charge >= 0.3 is 5.97 Å². The Kier molecular flexibility index (Phi) is 15.7. The predicted molar refractivity (Wildman–Crippen MR) is 91.5 cm³/mol. The van der Waals surface area contributed by atoms with Crippen LogP contribution in [0.1, 0.15) is 77.6 Å². The van der Waals surface area contributed by atoms with Crippen molar-refractivity contribution in [2.45, 2.75) is 77.6 Å². The SMILES string of the molecule is CCCCCCCC/C=C\C/C=C\C/C=C\CCC(=O)O. The van der Waals surface area contributed by atoms with E-state index >= 15 is 0 Å². The van der Waals surface area contributed by atoms with E-state index in [2.05, 4.69) is 31.2 Å². The molecule has 0 aromatic rings. The molecule has 0 unspecified atom stereocenters. The maximum atomic E-state index is 10.3. The van der Waals surface area contributed by atoms with Gasteiger partial charge in [-0.05, 0) is 32.1 Å². The number of allylic oxidation sites excluding steroid dienone is 6. The quantitative estimate of drug-likeness (QED) is 0.312. The highest BCUT2D eigenvalue weighted by molar-refractivity contribution is 5.66. The summed E-state index contributed by atoms with van der Waals surface area (Å²) in [5.41, 5.74) is 0. The molecule has 0 heterocycles. The molecule has 1 N–H and O–H groups in total. The zero-order valence-electron chi connectivity index (χ0n) is 13.6. The van der Waals surface area contributed by atoms with Crippen LogP contribution in [0.3, 0.4) is 0 Å². The van der Waals surface area contributed by atoms with Gasteiger partial charge in [0.2, 0.25) is 0 Å². The van der Waals surface area contributed by atoms with Crippen molar-refractivity contribution in [2.75, 3.05) is 0 Å². The highest BCUT2D eigenvalue weighted by Crippen LogP contribution is 2.07. The first kappa shape index (κ1) is 19.7. The van der Waals surface area contributed by atoms with E-state index in [1.807, 2.05) is 12.2 Å². The van der Waals surface area contributed by atoms with Crippen LogP contribution in [-0.2, 0) is 4.79 Å². The Bertz CT molecular complexity index is 314. The van der Waals surface area contributed by atoms with E-state index in [1.54, 1.807) is 0 Å². The zero-order chi connectivity index (χ0) is 15.6. The van der Waals surface area contributed by atoms with Crippen LogP contribution in [0.2, 0.25) is 0 Å². The molecule has 0 aromatic heterocycles. The largest absolute Gasteiger partial charge is 0.481 e. The van der Waals surface area contributed by atoms with E-state index in [0.29, 0.717) is 6.42 Å². The Hall–Kier alpha value is -1.31. The predicted octanol–water partition coefficient (Wildman–Crippen LogP) is 6.05. The summed E-state index contributed by atoms with van der Waals surface area (Å²) in [7, 11) is 0. The average Bonchev–Trinajstić information content (AvgIpc) is 2.46. The van der Waals surface area contributed by atoms with Crippen LogP contribution in [0.4, 0.5) is 0 Å². The lowest BCUT2D eigenvalue weighted by molar-refractivity contribution is -0.136. The molecule has 0 aliphatic rings. The number of rotatable bonds is 14. The summed E-state index contributed by atoms with van der Waals surface area (Å²) >= 11 is 0. The molecule has 21 heavy (non-hydrogen) atoms. The van der Waals surface area contributed by atoms with Crippen LogP contribution in [0.15, 0.2) is 36.5 Å². The second-order valence-corrected chi connectivity index (χ2v) is 5.37. The first-order valence-electron chi connectivity index (χ1n) is 8.44. The van der Waals surface area contributed by atoms with Crippen LogP contribution in [0, 0.1) is 0 Å². The van der Waals surface area contributed by atoms with Gasteiger partial charge < -0.3 is 5.11 Å². The summed E-state index contributed by atoms with van der Waals surface area (Å²) in [6.07, 6.45) is 24.9. The Labute approximate surface area is 130 Å². The Morgan fingerprint density at radius 2 is 1.29 bits per heavy atom. The van der Waals surface area contributed by atoms with Crippen LogP contribution in [0.5, 0.6) is 0 Å². The highest BCUT2D eigenvalue weighted by Gasteiger charge is 1.90. The maximum absolute atomic E-state index is 10.3. The van der Waals surface area contributed by atoms with Crippen molar-refractivity contribution in [3.63, 3.8) is 0 Å². The first-order valence-corrected chi connectivity index (χ1v) is 8.44. The van der Waals surface area contributed by atoms with Gasteiger partial charge in [0.15, 0.2) is 0 Å². The third kappa shape index (κ3) is 18.7. The molecule has 0 bridgehead atoms. The molecule has 0 saturated heterocycles. The molecule has 0 amide bonds. The molecule has 0 rings (SSSR count). The molecule has 0 aromatic carbocycles. The fourth-order valence-electron chi connectivity index (χ4n) is 2.03. The van der Waals surface area contributed by atoms with E-state index in [1.165, 1.54) is 44.9 Å². The summed E-state index contributed by atoms with van der Waals surface area (Å²) in [6, 6.07) is 0. The third-order valence-corrected chi connectivity index (χ3v) is 3.29. The minimum atomic E-state index is -0.731. The van der Waals surface area contributed by atoms with Gasteiger partial charge in [-0.2, -0.15) is 0 Å². The lowest BCUT2D eigenvalue weighted by atomic mass is 10.1.